The molecule has 2 N–H and O–H groups in total. The second-order valence-electron chi connectivity index (χ2n) is 5.80. The second kappa shape index (κ2) is 3.16. The highest BCUT2D eigenvalue weighted by Gasteiger charge is 2.67. The maximum Gasteiger partial charge on any atom is 0.0680 e. The molecule has 0 spiro atoms. The van der Waals surface area contributed by atoms with E-state index < -0.39 is 0 Å². The zero-order chi connectivity index (χ0) is 12.4. The number of hydrogen-bond acceptors (Lipinski definition) is 2. The largest absolute Gasteiger partial charge is 0.325 e. The van der Waals surface area contributed by atoms with Gasteiger partial charge >= 0.3 is 0 Å². The Bertz CT molecular complexity index is 594. The molecule has 0 atom stereocenters. The zero-order valence-electron chi connectivity index (χ0n) is 9.94. The van der Waals surface area contributed by atoms with Gasteiger partial charge in [0, 0.05) is 22.3 Å². The molecule has 5 rings (SSSR count). The standard InChI is InChI=1S/C14H14ClN3/c15-12-3-1-10(2-4-12)11-5-17-18(6-11)14-7-13(16,8-14)9-14/h1-6H,7-9,16H2. The Morgan fingerprint density at radius 2 is 1.78 bits per heavy atom. The van der Waals surface area contributed by atoms with Gasteiger partial charge in [-0.3, -0.25) is 4.68 Å². The van der Waals surface area contributed by atoms with Crippen LogP contribution in [0.5, 0.6) is 0 Å². The van der Waals surface area contributed by atoms with Crippen molar-refractivity contribution in [3.8, 4) is 11.1 Å². The van der Waals surface area contributed by atoms with Crippen LogP contribution in [0.25, 0.3) is 11.1 Å². The number of hydrogen-bond donors (Lipinski definition) is 1. The predicted octanol–water partition coefficient (Wildman–Crippen LogP) is 2.79. The van der Waals surface area contributed by atoms with Gasteiger partial charge in [-0.2, -0.15) is 5.10 Å². The molecule has 0 saturated heterocycles. The first-order valence-corrected chi connectivity index (χ1v) is 6.57. The highest BCUT2D eigenvalue weighted by atomic mass is 35.5. The summed E-state index contributed by atoms with van der Waals surface area (Å²) in [7, 11) is 0. The third-order valence-electron chi connectivity index (χ3n) is 4.29. The first-order valence-electron chi connectivity index (χ1n) is 6.19. The first kappa shape index (κ1) is 10.6. The molecule has 0 amide bonds. The van der Waals surface area contributed by atoms with E-state index in [4.69, 9.17) is 17.3 Å². The minimum absolute atomic E-state index is 0.117. The summed E-state index contributed by atoms with van der Waals surface area (Å²) in [5.74, 6) is 0. The lowest BCUT2D eigenvalue weighted by Gasteiger charge is -2.68. The van der Waals surface area contributed by atoms with Crippen LogP contribution in [0.15, 0.2) is 36.7 Å². The number of halogens is 1. The maximum atomic E-state index is 6.09. The molecule has 3 aliphatic carbocycles. The molecule has 0 aliphatic heterocycles. The third-order valence-corrected chi connectivity index (χ3v) is 4.54. The van der Waals surface area contributed by atoms with Gasteiger partial charge in [0.1, 0.15) is 0 Å². The first-order chi connectivity index (χ1) is 8.59. The molecule has 18 heavy (non-hydrogen) atoms. The molecule has 2 bridgehead atoms. The summed E-state index contributed by atoms with van der Waals surface area (Å²) in [6.45, 7) is 0. The molecule has 1 heterocycles. The van der Waals surface area contributed by atoms with Crippen molar-refractivity contribution in [2.45, 2.75) is 30.3 Å². The number of aromatic nitrogens is 2. The quantitative estimate of drug-likeness (QED) is 0.901. The van der Waals surface area contributed by atoms with Crippen LogP contribution in [0.3, 0.4) is 0 Å². The Morgan fingerprint density at radius 1 is 1.11 bits per heavy atom. The molecule has 4 heteroatoms. The number of benzene rings is 1. The molecule has 0 unspecified atom stereocenters. The Labute approximate surface area is 111 Å². The van der Waals surface area contributed by atoms with Crippen LogP contribution in [0, 0.1) is 0 Å². The fraction of sp³-hybridized carbons (Fsp3) is 0.357. The predicted molar refractivity (Wildman–Crippen MR) is 71.4 cm³/mol. The SMILES string of the molecule is NC12CC(n3cc(-c4ccc(Cl)cc4)cn3)(C1)C2. The van der Waals surface area contributed by atoms with E-state index in [1.807, 2.05) is 30.5 Å². The van der Waals surface area contributed by atoms with Crippen LogP contribution in [-0.4, -0.2) is 15.3 Å². The van der Waals surface area contributed by atoms with E-state index in [2.05, 4.69) is 16.0 Å². The highest BCUT2D eigenvalue weighted by molar-refractivity contribution is 6.30. The minimum Gasteiger partial charge on any atom is -0.325 e. The summed E-state index contributed by atoms with van der Waals surface area (Å²) >= 11 is 5.90. The second-order valence-corrected chi connectivity index (χ2v) is 6.23. The normalized spacial score (nSPS) is 32.8. The van der Waals surface area contributed by atoms with E-state index in [1.165, 1.54) is 0 Å². The third kappa shape index (κ3) is 1.32. The lowest BCUT2D eigenvalue weighted by molar-refractivity contribution is -0.122. The topological polar surface area (TPSA) is 43.8 Å². The van der Waals surface area contributed by atoms with Crippen molar-refractivity contribution < 1.29 is 0 Å². The summed E-state index contributed by atoms with van der Waals surface area (Å²) in [4.78, 5) is 0. The molecule has 1 aromatic heterocycles. The van der Waals surface area contributed by atoms with Crippen molar-refractivity contribution in [1.29, 1.82) is 0 Å². The monoisotopic (exact) mass is 259 g/mol. The molecule has 3 aliphatic rings. The number of rotatable bonds is 2. The van der Waals surface area contributed by atoms with E-state index in [-0.39, 0.29) is 11.1 Å². The van der Waals surface area contributed by atoms with E-state index >= 15 is 0 Å². The average molecular weight is 260 g/mol. The summed E-state index contributed by atoms with van der Waals surface area (Å²) < 4.78 is 2.10. The van der Waals surface area contributed by atoms with Gasteiger partial charge in [0.25, 0.3) is 0 Å². The van der Waals surface area contributed by atoms with Crippen LogP contribution >= 0.6 is 11.6 Å². The molecule has 1 aromatic carbocycles. The molecule has 2 aromatic rings. The van der Waals surface area contributed by atoms with Gasteiger partial charge in [0.05, 0.1) is 11.7 Å². The lowest BCUT2D eigenvalue weighted by atomic mass is 9.45. The van der Waals surface area contributed by atoms with E-state index in [1.54, 1.807) is 0 Å². The molecule has 0 radical (unpaired) electrons. The number of nitrogens with zero attached hydrogens (tertiary/aromatic N) is 2. The van der Waals surface area contributed by atoms with Gasteiger partial charge in [-0.1, -0.05) is 23.7 Å². The van der Waals surface area contributed by atoms with Crippen molar-refractivity contribution in [1.82, 2.24) is 9.78 Å². The fourth-order valence-electron chi connectivity index (χ4n) is 3.43. The summed E-state index contributed by atoms with van der Waals surface area (Å²) in [5.41, 5.74) is 8.72. The van der Waals surface area contributed by atoms with Crippen molar-refractivity contribution in [3.05, 3.63) is 41.7 Å². The van der Waals surface area contributed by atoms with Gasteiger partial charge in [-0.05, 0) is 37.0 Å². The molecular weight excluding hydrogens is 246 g/mol. The zero-order valence-corrected chi connectivity index (χ0v) is 10.7. The van der Waals surface area contributed by atoms with Gasteiger partial charge in [0.15, 0.2) is 0 Å². The molecule has 3 saturated carbocycles. The van der Waals surface area contributed by atoms with Gasteiger partial charge < -0.3 is 5.73 Å². The number of nitrogens with two attached hydrogens (primary N) is 1. The Hall–Kier alpha value is -1.32. The molecular formula is C14H14ClN3. The van der Waals surface area contributed by atoms with Crippen LogP contribution in [0.4, 0.5) is 0 Å². The van der Waals surface area contributed by atoms with Gasteiger partial charge in [-0.25, -0.2) is 0 Å². The minimum atomic E-state index is 0.117. The van der Waals surface area contributed by atoms with Crippen LogP contribution in [0.1, 0.15) is 19.3 Å². The van der Waals surface area contributed by atoms with Gasteiger partial charge in [-0.15, -0.1) is 0 Å². The Kier molecular flexibility index (Phi) is 1.86. The Morgan fingerprint density at radius 3 is 2.39 bits per heavy atom. The van der Waals surface area contributed by atoms with Crippen molar-refractivity contribution in [2.75, 3.05) is 0 Å². The fourth-order valence-corrected chi connectivity index (χ4v) is 3.55. The van der Waals surface area contributed by atoms with Crippen molar-refractivity contribution in [3.63, 3.8) is 0 Å². The van der Waals surface area contributed by atoms with E-state index in [0.29, 0.717) is 0 Å². The molecule has 92 valence electrons. The highest BCUT2D eigenvalue weighted by Crippen LogP contribution is 2.63. The Balaban J connectivity index is 1.65. The van der Waals surface area contributed by atoms with Crippen molar-refractivity contribution >= 4 is 11.6 Å². The molecule has 3 nitrogen and oxygen atoms in total. The maximum absolute atomic E-state index is 6.09. The summed E-state index contributed by atoms with van der Waals surface area (Å²) in [6, 6.07) is 7.86. The van der Waals surface area contributed by atoms with Crippen LogP contribution < -0.4 is 5.73 Å². The summed E-state index contributed by atoms with van der Waals surface area (Å²) in [6.07, 6.45) is 7.26. The van der Waals surface area contributed by atoms with E-state index in [9.17, 15) is 0 Å². The van der Waals surface area contributed by atoms with Crippen LogP contribution in [-0.2, 0) is 5.54 Å². The smallest absolute Gasteiger partial charge is 0.0680 e. The average Bonchev–Trinajstić information content (AvgIpc) is 2.74. The van der Waals surface area contributed by atoms with Crippen molar-refractivity contribution in [2.24, 2.45) is 5.73 Å². The lowest BCUT2D eigenvalue weighted by Crippen LogP contribution is -2.76. The van der Waals surface area contributed by atoms with Crippen LogP contribution in [0.2, 0.25) is 5.02 Å². The van der Waals surface area contributed by atoms with Gasteiger partial charge in [0.2, 0.25) is 0 Å². The summed E-state index contributed by atoms with van der Waals surface area (Å²) in [5, 5.41) is 5.27. The van der Waals surface area contributed by atoms with E-state index in [0.717, 1.165) is 35.4 Å². The molecule has 3 fully saturated rings.